The molecule has 1 aromatic carbocycles. The fraction of sp³-hybridized carbons (Fsp3) is 0.167. The Kier molecular flexibility index (Phi) is 3.39. The largest absolute Gasteiger partial charge is 0.398 e. The second-order valence-electron chi connectivity index (χ2n) is 3.68. The van der Waals surface area contributed by atoms with E-state index >= 15 is 0 Å². The van der Waals surface area contributed by atoms with Crippen LogP contribution in [-0.2, 0) is 6.54 Å². The number of thiazole rings is 1. The normalized spacial score (nSPS) is 10.2. The Morgan fingerprint density at radius 1 is 1.53 bits per heavy atom. The lowest BCUT2D eigenvalue weighted by atomic mass is 10.1. The fourth-order valence-electron chi connectivity index (χ4n) is 1.49. The number of amides is 1. The lowest BCUT2D eigenvalue weighted by molar-refractivity contribution is 0.0950. The first-order chi connectivity index (χ1) is 8.18. The van der Waals surface area contributed by atoms with Crippen molar-refractivity contribution in [2.24, 2.45) is 0 Å². The van der Waals surface area contributed by atoms with Gasteiger partial charge in [0.2, 0.25) is 0 Å². The number of hydrogen-bond acceptors (Lipinski definition) is 4. The van der Waals surface area contributed by atoms with E-state index in [-0.39, 0.29) is 5.91 Å². The van der Waals surface area contributed by atoms with Crippen molar-refractivity contribution < 1.29 is 4.79 Å². The van der Waals surface area contributed by atoms with E-state index in [1.165, 1.54) is 11.3 Å². The second-order valence-corrected chi connectivity index (χ2v) is 4.40. The van der Waals surface area contributed by atoms with Crippen LogP contribution in [0.25, 0.3) is 0 Å². The van der Waals surface area contributed by atoms with Crippen molar-refractivity contribution in [2.75, 3.05) is 5.73 Å². The molecular weight excluding hydrogens is 234 g/mol. The molecule has 3 N–H and O–H groups in total. The highest BCUT2D eigenvalue weighted by Gasteiger charge is 2.10. The number of benzene rings is 1. The van der Waals surface area contributed by atoms with E-state index < -0.39 is 0 Å². The Morgan fingerprint density at radius 2 is 2.35 bits per heavy atom. The van der Waals surface area contributed by atoms with Crippen LogP contribution >= 0.6 is 11.3 Å². The highest BCUT2D eigenvalue weighted by Crippen LogP contribution is 2.15. The molecule has 0 aliphatic heterocycles. The van der Waals surface area contributed by atoms with Crippen LogP contribution in [0.2, 0.25) is 0 Å². The number of aromatic nitrogens is 1. The molecule has 2 rings (SSSR count). The third-order valence-corrected chi connectivity index (χ3v) is 3.17. The van der Waals surface area contributed by atoms with Gasteiger partial charge in [-0.3, -0.25) is 4.79 Å². The quantitative estimate of drug-likeness (QED) is 0.815. The van der Waals surface area contributed by atoms with E-state index in [0.29, 0.717) is 17.8 Å². The lowest BCUT2D eigenvalue weighted by Crippen LogP contribution is -2.24. The predicted octanol–water partition coefficient (Wildman–Crippen LogP) is 1.96. The molecule has 88 valence electrons. The van der Waals surface area contributed by atoms with Crippen LogP contribution in [0.5, 0.6) is 0 Å². The first-order valence-electron chi connectivity index (χ1n) is 5.19. The third kappa shape index (κ3) is 2.62. The molecule has 1 aromatic heterocycles. The number of hydrogen-bond donors (Lipinski definition) is 2. The van der Waals surface area contributed by atoms with Gasteiger partial charge in [0.25, 0.3) is 5.91 Å². The van der Waals surface area contributed by atoms with Crippen LogP contribution in [0.15, 0.2) is 29.1 Å². The number of nitrogens with zero attached hydrogens (tertiary/aromatic N) is 1. The molecule has 0 fully saturated rings. The van der Waals surface area contributed by atoms with Crippen molar-refractivity contribution in [2.45, 2.75) is 13.5 Å². The average molecular weight is 247 g/mol. The summed E-state index contributed by atoms with van der Waals surface area (Å²) in [7, 11) is 0. The maximum atomic E-state index is 11.9. The first kappa shape index (κ1) is 11.6. The zero-order chi connectivity index (χ0) is 12.3. The number of rotatable bonds is 3. The minimum Gasteiger partial charge on any atom is -0.398 e. The molecule has 0 aliphatic carbocycles. The van der Waals surface area contributed by atoms with Gasteiger partial charge in [0.05, 0.1) is 17.7 Å². The summed E-state index contributed by atoms with van der Waals surface area (Å²) in [5, 5.41) is 4.73. The highest BCUT2D eigenvalue weighted by molar-refractivity contribution is 7.07. The summed E-state index contributed by atoms with van der Waals surface area (Å²) in [6.45, 7) is 2.28. The Labute approximate surface area is 103 Å². The Morgan fingerprint density at radius 3 is 3.06 bits per heavy atom. The smallest absolute Gasteiger partial charge is 0.251 e. The van der Waals surface area contributed by atoms with Crippen molar-refractivity contribution in [1.82, 2.24) is 10.3 Å². The van der Waals surface area contributed by atoms with Crippen LogP contribution in [-0.4, -0.2) is 10.9 Å². The molecule has 0 aliphatic rings. The van der Waals surface area contributed by atoms with Gasteiger partial charge in [0.15, 0.2) is 0 Å². The number of anilines is 1. The molecule has 0 spiro atoms. The molecule has 0 saturated heterocycles. The van der Waals surface area contributed by atoms with Crippen LogP contribution in [0, 0.1) is 6.92 Å². The molecule has 1 amide bonds. The van der Waals surface area contributed by atoms with Crippen LogP contribution < -0.4 is 11.1 Å². The van der Waals surface area contributed by atoms with E-state index in [1.54, 1.807) is 23.7 Å². The monoisotopic (exact) mass is 247 g/mol. The predicted molar refractivity (Wildman–Crippen MR) is 68.9 cm³/mol. The van der Waals surface area contributed by atoms with E-state index in [9.17, 15) is 4.79 Å². The van der Waals surface area contributed by atoms with Crippen molar-refractivity contribution in [1.29, 1.82) is 0 Å². The number of carbonyl (C=O) groups is 1. The second kappa shape index (κ2) is 4.97. The van der Waals surface area contributed by atoms with E-state index in [1.807, 2.05) is 12.3 Å². The molecule has 17 heavy (non-hydrogen) atoms. The van der Waals surface area contributed by atoms with Crippen LogP contribution in [0.3, 0.4) is 0 Å². The maximum Gasteiger partial charge on any atom is 0.251 e. The number of nitrogens with two attached hydrogens (primary N) is 1. The van der Waals surface area contributed by atoms with Crippen LogP contribution in [0.4, 0.5) is 5.69 Å². The van der Waals surface area contributed by atoms with Gasteiger partial charge in [0, 0.05) is 16.6 Å². The molecule has 4 nitrogen and oxygen atoms in total. The van der Waals surface area contributed by atoms with Crippen LogP contribution in [0.1, 0.15) is 21.6 Å². The summed E-state index contributed by atoms with van der Waals surface area (Å²) in [5.74, 6) is -0.122. The summed E-state index contributed by atoms with van der Waals surface area (Å²) in [4.78, 5) is 16.0. The maximum absolute atomic E-state index is 11.9. The average Bonchev–Trinajstić information content (AvgIpc) is 2.82. The zero-order valence-corrected chi connectivity index (χ0v) is 10.3. The lowest BCUT2D eigenvalue weighted by Gasteiger charge is -2.08. The standard InChI is InChI=1S/C12H13N3OS/c1-8-10(3-2-4-11(8)13)12(16)14-5-9-6-17-7-15-9/h2-4,6-7H,5,13H2,1H3,(H,14,16). The van der Waals surface area contributed by atoms with Gasteiger partial charge in [-0.1, -0.05) is 6.07 Å². The summed E-state index contributed by atoms with van der Waals surface area (Å²) >= 11 is 1.51. The summed E-state index contributed by atoms with van der Waals surface area (Å²) in [6, 6.07) is 5.33. The number of carbonyl (C=O) groups excluding carboxylic acids is 1. The molecule has 0 radical (unpaired) electrons. The Balaban J connectivity index is 2.07. The Hall–Kier alpha value is -1.88. The highest BCUT2D eigenvalue weighted by atomic mass is 32.1. The SMILES string of the molecule is Cc1c(N)cccc1C(=O)NCc1cscn1. The van der Waals surface area contributed by atoms with Gasteiger partial charge in [-0.25, -0.2) is 4.98 Å². The molecule has 2 aromatic rings. The van der Waals surface area contributed by atoms with E-state index in [4.69, 9.17) is 5.73 Å². The van der Waals surface area contributed by atoms with Gasteiger partial charge in [-0.05, 0) is 24.6 Å². The summed E-state index contributed by atoms with van der Waals surface area (Å²) < 4.78 is 0. The minimum atomic E-state index is -0.122. The first-order valence-corrected chi connectivity index (χ1v) is 6.13. The van der Waals surface area contributed by atoms with Crippen molar-refractivity contribution in [3.63, 3.8) is 0 Å². The summed E-state index contributed by atoms with van der Waals surface area (Å²) in [6.07, 6.45) is 0. The third-order valence-electron chi connectivity index (χ3n) is 2.53. The van der Waals surface area contributed by atoms with Crippen molar-refractivity contribution in [3.8, 4) is 0 Å². The van der Waals surface area contributed by atoms with E-state index in [0.717, 1.165) is 11.3 Å². The molecule has 0 saturated carbocycles. The Bertz CT molecular complexity index is 523. The minimum absolute atomic E-state index is 0.122. The van der Waals surface area contributed by atoms with Crippen molar-refractivity contribution >= 4 is 22.9 Å². The van der Waals surface area contributed by atoms with Gasteiger partial charge in [-0.15, -0.1) is 11.3 Å². The molecule has 0 unspecified atom stereocenters. The summed E-state index contributed by atoms with van der Waals surface area (Å²) in [5.41, 5.74) is 10.4. The van der Waals surface area contributed by atoms with E-state index in [2.05, 4.69) is 10.3 Å². The molecule has 0 atom stereocenters. The van der Waals surface area contributed by atoms with Gasteiger partial charge in [0.1, 0.15) is 0 Å². The molecule has 1 heterocycles. The van der Waals surface area contributed by atoms with Gasteiger partial charge in [-0.2, -0.15) is 0 Å². The van der Waals surface area contributed by atoms with Gasteiger partial charge < -0.3 is 11.1 Å². The number of nitrogen functional groups attached to an aromatic ring is 1. The zero-order valence-electron chi connectivity index (χ0n) is 9.43. The van der Waals surface area contributed by atoms with Crippen molar-refractivity contribution in [3.05, 3.63) is 45.9 Å². The molecule has 0 bridgehead atoms. The molecular formula is C12H13N3OS. The number of nitrogens with one attached hydrogen (secondary N) is 1. The topological polar surface area (TPSA) is 68.0 Å². The van der Waals surface area contributed by atoms with Gasteiger partial charge >= 0.3 is 0 Å². The molecule has 5 heteroatoms. The fourth-order valence-corrected chi connectivity index (χ4v) is 2.05.